The molecule has 2 aromatic carbocycles. The Labute approximate surface area is 162 Å². The van der Waals surface area contributed by atoms with Crippen molar-refractivity contribution < 1.29 is 13.5 Å². The summed E-state index contributed by atoms with van der Waals surface area (Å²) in [5.74, 6) is 0. The molecule has 4 nitrogen and oxygen atoms in total. The maximum atomic E-state index is 13.6. The van der Waals surface area contributed by atoms with Crippen molar-refractivity contribution in [2.45, 2.75) is 70.0 Å². The maximum Gasteiger partial charge on any atom is 0.243 e. The first-order valence-corrected chi connectivity index (χ1v) is 11.0. The van der Waals surface area contributed by atoms with Gasteiger partial charge in [0.1, 0.15) is 0 Å². The third kappa shape index (κ3) is 4.42. The minimum absolute atomic E-state index is 0.0845. The van der Waals surface area contributed by atoms with Crippen LogP contribution >= 0.6 is 0 Å². The maximum absolute atomic E-state index is 13.6. The summed E-state index contributed by atoms with van der Waals surface area (Å²) >= 11 is 0. The predicted molar refractivity (Wildman–Crippen MR) is 108 cm³/mol. The Kier molecular flexibility index (Phi) is 6.04. The van der Waals surface area contributed by atoms with Crippen molar-refractivity contribution in [3.8, 4) is 0 Å². The molecule has 0 amide bonds. The number of hydrogen-bond acceptors (Lipinski definition) is 3. The van der Waals surface area contributed by atoms with Crippen LogP contribution in [0.5, 0.6) is 0 Å². The number of hydrogen-bond donors (Lipinski definition) is 1. The van der Waals surface area contributed by atoms with Gasteiger partial charge in [0, 0.05) is 12.6 Å². The lowest BCUT2D eigenvalue weighted by Gasteiger charge is -2.35. The van der Waals surface area contributed by atoms with Gasteiger partial charge in [-0.3, -0.25) is 0 Å². The molecule has 0 aliphatic heterocycles. The molecule has 1 aliphatic carbocycles. The van der Waals surface area contributed by atoms with E-state index >= 15 is 0 Å². The lowest BCUT2D eigenvalue weighted by atomic mass is 9.93. The average molecular weight is 388 g/mol. The normalized spacial score (nSPS) is 20.8. The summed E-state index contributed by atoms with van der Waals surface area (Å²) in [5.41, 5.74) is 3.95. The molecule has 0 atom stereocenters. The minimum Gasteiger partial charge on any atom is -0.393 e. The zero-order valence-electron chi connectivity index (χ0n) is 16.4. The molecule has 0 aromatic heterocycles. The van der Waals surface area contributed by atoms with E-state index in [1.54, 1.807) is 10.4 Å². The Hall–Kier alpha value is -1.69. The molecule has 0 saturated heterocycles. The van der Waals surface area contributed by atoms with Crippen molar-refractivity contribution >= 4 is 10.0 Å². The monoisotopic (exact) mass is 387 g/mol. The molecule has 1 N–H and O–H groups in total. The molecular weight excluding hydrogens is 358 g/mol. The third-order valence-corrected chi connectivity index (χ3v) is 7.64. The first-order chi connectivity index (χ1) is 12.8. The molecule has 0 radical (unpaired) electrons. The van der Waals surface area contributed by atoms with Crippen LogP contribution < -0.4 is 0 Å². The van der Waals surface area contributed by atoms with E-state index in [9.17, 15) is 13.5 Å². The van der Waals surface area contributed by atoms with Crippen LogP contribution in [0, 0.1) is 20.8 Å². The summed E-state index contributed by atoms with van der Waals surface area (Å²) in [5, 5.41) is 9.87. The number of nitrogens with zero attached hydrogens (tertiary/aromatic N) is 1. The summed E-state index contributed by atoms with van der Waals surface area (Å²) in [6.07, 6.45) is 2.37. The Morgan fingerprint density at radius 3 is 2.26 bits per heavy atom. The molecule has 5 heteroatoms. The van der Waals surface area contributed by atoms with Gasteiger partial charge in [-0.1, -0.05) is 42.0 Å². The number of aliphatic hydroxyl groups is 1. The van der Waals surface area contributed by atoms with E-state index in [0.29, 0.717) is 37.1 Å². The zero-order chi connectivity index (χ0) is 19.6. The lowest BCUT2D eigenvalue weighted by Crippen LogP contribution is -2.42. The molecule has 1 saturated carbocycles. The Bertz CT molecular complexity index is 900. The first-order valence-electron chi connectivity index (χ1n) is 9.60. The van der Waals surface area contributed by atoms with E-state index < -0.39 is 10.0 Å². The standard InChI is InChI=1S/C22H29NO3S/c1-16-8-13-22(18(3)14-16)27(25,26)23(20-9-11-21(24)12-10-20)15-19-7-5-4-6-17(19)2/h4-8,13-14,20-21,24H,9-12,15H2,1-3H3. The average Bonchev–Trinajstić information content (AvgIpc) is 2.61. The second-order valence-electron chi connectivity index (χ2n) is 7.71. The van der Waals surface area contributed by atoms with Crippen LogP contribution in [-0.2, 0) is 16.6 Å². The van der Waals surface area contributed by atoms with Crippen LogP contribution in [-0.4, -0.2) is 30.0 Å². The van der Waals surface area contributed by atoms with Crippen molar-refractivity contribution in [2.24, 2.45) is 0 Å². The van der Waals surface area contributed by atoms with E-state index in [2.05, 4.69) is 0 Å². The van der Waals surface area contributed by atoms with E-state index in [0.717, 1.165) is 22.3 Å². The SMILES string of the molecule is Cc1ccc(S(=O)(=O)N(Cc2ccccc2C)C2CCC(O)CC2)c(C)c1. The first kappa shape index (κ1) is 20.1. The summed E-state index contributed by atoms with van der Waals surface area (Å²) < 4.78 is 28.9. The van der Waals surface area contributed by atoms with Crippen molar-refractivity contribution in [3.05, 3.63) is 64.7 Å². The fourth-order valence-electron chi connectivity index (χ4n) is 3.93. The summed E-state index contributed by atoms with van der Waals surface area (Å²) in [6, 6.07) is 13.4. The zero-order valence-corrected chi connectivity index (χ0v) is 17.2. The highest BCUT2D eigenvalue weighted by Gasteiger charge is 2.35. The van der Waals surface area contributed by atoms with Crippen LogP contribution in [0.4, 0.5) is 0 Å². The van der Waals surface area contributed by atoms with Gasteiger partial charge in [0.05, 0.1) is 11.0 Å². The highest BCUT2D eigenvalue weighted by atomic mass is 32.2. The van der Waals surface area contributed by atoms with Gasteiger partial charge in [0.15, 0.2) is 0 Å². The molecule has 0 bridgehead atoms. The molecule has 3 rings (SSSR count). The number of benzene rings is 2. The molecule has 0 spiro atoms. The van der Waals surface area contributed by atoms with E-state index in [4.69, 9.17) is 0 Å². The van der Waals surface area contributed by atoms with Gasteiger partial charge in [0.25, 0.3) is 0 Å². The fourth-order valence-corrected chi connectivity index (χ4v) is 5.80. The smallest absolute Gasteiger partial charge is 0.243 e. The second kappa shape index (κ2) is 8.13. The van der Waals surface area contributed by atoms with E-state index in [1.165, 1.54) is 0 Å². The molecule has 146 valence electrons. The summed E-state index contributed by atoms with van der Waals surface area (Å²) in [7, 11) is -3.63. The molecule has 0 unspecified atom stereocenters. The summed E-state index contributed by atoms with van der Waals surface area (Å²) in [4.78, 5) is 0.382. The molecule has 1 aliphatic rings. The van der Waals surface area contributed by atoms with Gasteiger partial charge in [-0.25, -0.2) is 8.42 Å². The van der Waals surface area contributed by atoms with Gasteiger partial charge in [0.2, 0.25) is 10.0 Å². The van der Waals surface area contributed by atoms with Gasteiger partial charge in [-0.05, 0) is 69.2 Å². The third-order valence-electron chi connectivity index (χ3n) is 5.58. The van der Waals surface area contributed by atoms with Crippen molar-refractivity contribution in [1.82, 2.24) is 4.31 Å². The van der Waals surface area contributed by atoms with Crippen molar-refractivity contribution in [2.75, 3.05) is 0 Å². The van der Waals surface area contributed by atoms with Gasteiger partial charge < -0.3 is 5.11 Å². The van der Waals surface area contributed by atoms with Crippen molar-refractivity contribution in [3.63, 3.8) is 0 Å². The van der Waals surface area contributed by atoms with Gasteiger partial charge in [-0.15, -0.1) is 0 Å². The van der Waals surface area contributed by atoms with Crippen LogP contribution in [0.1, 0.15) is 47.9 Å². The van der Waals surface area contributed by atoms with E-state index in [1.807, 2.05) is 57.2 Å². The van der Waals surface area contributed by atoms with E-state index in [-0.39, 0.29) is 12.1 Å². The molecular formula is C22H29NO3S. The Morgan fingerprint density at radius 2 is 1.63 bits per heavy atom. The number of aryl methyl sites for hydroxylation is 3. The van der Waals surface area contributed by atoms with Crippen LogP contribution in [0.3, 0.4) is 0 Å². The highest BCUT2D eigenvalue weighted by molar-refractivity contribution is 7.89. The largest absolute Gasteiger partial charge is 0.393 e. The number of rotatable bonds is 5. The number of aliphatic hydroxyl groups excluding tert-OH is 1. The quantitative estimate of drug-likeness (QED) is 0.840. The topological polar surface area (TPSA) is 57.6 Å². The second-order valence-corrected chi connectivity index (χ2v) is 9.57. The van der Waals surface area contributed by atoms with Gasteiger partial charge >= 0.3 is 0 Å². The Morgan fingerprint density at radius 1 is 0.963 bits per heavy atom. The van der Waals surface area contributed by atoms with Crippen LogP contribution in [0.25, 0.3) is 0 Å². The fraction of sp³-hybridized carbons (Fsp3) is 0.455. The number of sulfonamides is 1. The molecule has 0 heterocycles. The van der Waals surface area contributed by atoms with Crippen molar-refractivity contribution in [1.29, 1.82) is 0 Å². The lowest BCUT2D eigenvalue weighted by molar-refractivity contribution is 0.0981. The van der Waals surface area contributed by atoms with Gasteiger partial charge in [-0.2, -0.15) is 4.31 Å². The predicted octanol–water partition coefficient (Wildman–Crippen LogP) is 4.11. The highest BCUT2D eigenvalue weighted by Crippen LogP contribution is 2.31. The Balaban J connectivity index is 2.01. The molecule has 2 aromatic rings. The summed E-state index contributed by atoms with van der Waals surface area (Å²) in [6.45, 7) is 6.21. The molecule has 27 heavy (non-hydrogen) atoms. The minimum atomic E-state index is -3.63. The van der Waals surface area contributed by atoms with Crippen LogP contribution in [0.2, 0.25) is 0 Å². The molecule has 1 fully saturated rings. The van der Waals surface area contributed by atoms with Crippen LogP contribution in [0.15, 0.2) is 47.4 Å².